The van der Waals surface area contributed by atoms with Gasteiger partial charge in [-0.15, -0.1) is 0 Å². The van der Waals surface area contributed by atoms with Crippen molar-refractivity contribution in [1.82, 2.24) is 4.98 Å². The number of rotatable bonds is 7. The van der Waals surface area contributed by atoms with Crippen LogP contribution < -0.4 is 14.4 Å². The van der Waals surface area contributed by atoms with Gasteiger partial charge in [0.25, 0.3) is 0 Å². The number of methoxy groups -OCH3 is 2. The summed E-state index contributed by atoms with van der Waals surface area (Å²) in [6, 6.07) is 16.9. The molecule has 6 heteroatoms. The van der Waals surface area contributed by atoms with Crippen molar-refractivity contribution in [2.24, 2.45) is 0 Å². The van der Waals surface area contributed by atoms with E-state index in [0.717, 1.165) is 11.3 Å². The first-order valence-corrected chi connectivity index (χ1v) is 9.18. The molecule has 2 aromatic carbocycles. The Morgan fingerprint density at radius 2 is 1.76 bits per heavy atom. The fourth-order valence-corrected chi connectivity index (χ4v) is 3.17. The molecule has 0 fully saturated rings. The Kier molecular flexibility index (Phi) is 6.44. The van der Waals surface area contributed by atoms with Gasteiger partial charge in [0.2, 0.25) is 5.91 Å². The van der Waals surface area contributed by atoms with Crippen LogP contribution in [-0.4, -0.2) is 32.2 Å². The normalized spacial score (nSPS) is 11.6. The van der Waals surface area contributed by atoms with Crippen LogP contribution in [0.2, 0.25) is 0 Å². The van der Waals surface area contributed by atoms with Gasteiger partial charge < -0.3 is 14.4 Å². The van der Waals surface area contributed by atoms with Crippen molar-refractivity contribution in [1.29, 1.82) is 0 Å². The van der Waals surface area contributed by atoms with Gasteiger partial charge in [0, 0.05) is 37.1 Å². The molecule has 1 heterocycles. The molecule has 3 aromatic rings. The van der Waals surface area contributed by atoms with Crippen LogP contribution in [-0.2, 0) is 11.2 Å². The van der Waals surface area contributed by atoms with E-state index < -0.39 is 5.92 Å². The summed E-state index contributed by atoms with van der Waals surface area (Å²) in [5.74, 6) is 0.137. The van der Waals surface area contributed by atoms with Crippen LogP contribution in [0.5, 0.6) is 11.5 Å². The average molecular weight is 394 g/mol. The number of hydrogen-bond donors (Lipinski definition) is 0. The van der Waals surface area contributed by atoms with E-state index in [1.165, 1.54) is 12.1 Å². The maximum atomic E-state index is 13.4. The highest BCUT2D eigenvalue weighted by molar-refractivity contribution is 5.98. The monoisotopic (exact) mass is 394 g/mol. The van der Waals surface area contributed by atoms with Crippen LogP contribution >= 0.6 is 0 Å². The third-order valence-corrected chi connectivity index (χ3v) is 4.79. The molecule has 0 aliphatic heterocycles. The van der Waals surface area contributed by atoms with Crippen molar-refractivity contribution in [3.8, 4) is 11.5 Å². The van der Waals surface area contributed by atoms with Crippen molar-refractivity contribution in [3.63, 3.8) is 0 Å². The van der Waals surface area contributed by atoms with E-state index in [1.54, 1.807) is 62.7 Å². The fraction of sp³-hybridized carbons (Fsp3) is 0.217. The van der Waals surface area contributed by atoms with Crippen molar-refractivity contribution < 1.29 is 18.7 Å². The molecule has 0 aliphatic carbocycles. The summed E-state index contributed by atoms with van der Waals surface area (Å²) in [6.07, 6.45) is 2.10. The molecular formula is C23H23FN2O3. The minimum absolute atomic E-state index is 0.130. The number of aromatic nitrogens is 1. The largest absolute Gasteiger partial charge is 0.493 e. The zero-order valence-corrected chi connectivity index (χ0v) is 16.6. The maximum Gasteiger partial charge on any atom is 0.234 e. The average Bonchev–Trinajstić information content (AvgIpc) is 2.77. The zero-order valence-electron chi connectivity index (χ0n) is 16.6. The molecule has 0 aliphatic rings. The van der Waals surface area contributed by atoms with Crippen LogP contribution in [0.25, 0.3) is 0 Å². The molecule has 29 heavy (non-hydrogen) atoms. The number of carbonyl (C=O) groups excluding carboxylic acids is 1. The first-order valence-electron chi connectivity index (χ1n) is 9.18. The molecule has 150 valence electrons. The molecule has 1 unspecified atom stereocenters. The molecule has 0 N–H and O–H groups in total. The number of benzene rings is 2. The first-order chi connectivity index (χ1) is 14.0. The first kappa shape index (κ1) is 20.3. The highest BCUT2D eigenvalue weighted by atomic mass is 19.1. The standard InChI is InChI=1S/C23H23FN2O3/c1-26(19-11-12-21(28-2)22(15-19)29-3)23(27)20(14-18-6-4-5-13-25-18)16-7-9-17(24)10-8-16/h4-13,15,20H,14H2,1-3H3. The van der Waals surface area contributed by atoms with E-state index in [2.05, 4.69) is 4.98 Å². The minimum atomic E-state index is -0.511. The van der Waals surface area contributed by atoms with Gasteiger partial charge in [-0.25, -0.2) is 4.39 Å². The van der Waals surface area contributed by atoms with Gasteiger partial charge in [0.1, 0.15) is 5.82 Å². The lowest BCUT2D eigenvalue weighted by molar-refractivity contribution is -0.119. The Hall–Kier alpha value is -3.41. The Labute approximate surface area is 169 Å². The predicted molar refractivity (Wildman–Crippen MR) is 110 cm³/mol. The molecule has 5 nitrogen and oxygen atoms in total. The minimum Gasteiger partial charge on any atom is -0.493 e. The highest BCUT2D eigenvalue weighted by Gasteiger charge is 2.26. The van der Waals surface area contributed by atoms with E-state index >= 15 is 0 Å². The molecular weight excluding hydrogens is 371 g/mol. The lowest BCUT2D eigenvalue weighted by atomic mass is 9.92. The van der Waals surface area contributed by atoms with Gasteiger partial charge in [-0.2, -0.15) is 0 Å². The second-order valence-electron chi connectivity index (χ2n) is 6.57. The second-order valence-corrected chi connectivity index (χ2v) is 6.57. The van der Waals surface area contributed by atoms with Crippen molar-refractivity contribution >= 4 is 11.6 Å². The van der Waals surface area contributed by atoms with Crippen LogP contribution in [0.1, 0.15) is 17.2 Å². The Bertz CT molecular complexity index is 962. The number of likely N-dealkylation sites (N-methyl/N-ethyl adjacent to an activating group) is 1. The third-order valence-electron chi connectivity index (χ3n) is 4.79. The quantitative estimate of drug-likeness (QED) is 0.602. The van der Waals surface area contributed by atoms with Crippen LogP contribution in [0, 0.1) is 5.82 Å². The highest BCUT2D eigenvalue weighted by Crippen LogP contribution is 2.33. The van der Waals surface area contributed by atoms with Crippen molar-refractivity contribution in [2.45, 2.75) is 12.3 Å². The van der Waals surface area contributed by atoms with Crippen LogP contribution in [0.4, 0.5) is 10.1 Å². The summed E-state index contributed by atoms with van der Waals surface area (Å²) < 4.78 is 24.0. The van der Waals surface area contributed by atoms with Gasteiger partial charge in [0.15, 0.2) is 11.5 Å². The van der Waals surface area contributed by atoms with Gasteiger partial charge in [-0.1, -0.05) is 18.2 Å². The number of carbonyl (C=O) groups is 1. The third kappa shape index (κ3) is 4.71. The summed E-state index contributed by atoms with van der Waals surface area (Å²) in [5.41, 5.74) is 2.19. The molecule has 0 bridgehead atoms. The second kappa shape index (κ2) is 9.19. The molecule has 0 radical (unpaired) electrons. The molecule has 0 saturated carbocycles. The van der Waals surface area contributed by atoms with Gasteiger partial charge in [-0.05, 0) is 42.0 Å². The Morgan fingerprint density at radius 1 is 1.03 bits per heavy atom. The summed E-state index contributed by atoms with van der Waals surface area (Å²) in [7, 11) is 4.81. The lowest BCUT2D eigenvalue weighted by Gasteiger charge is -2.25. The van der Waals surface area contributed by atoms with E-state index in [1.807, 2.05) is 18.2 Å². The maximum absolute atomic E-state index is 13.4. The zero-order chi connectivity index (χ0) is 20.8. The summed E-state index contributed by atoms with van der Waals surface area (Å²) in [4.78, 5) is 19.3. The van der Waals surface area contributed by atoms with Gasteiger partial charge in [0.05, 0.1) is 20.1 Å². The van der Waals surface area contributed by atoms with E-state index in [0.29, 0.717) is 23.6 Å². The predicted octanol–water partition coefficient (Wildman–Crippen LogP) is 4.23. The number of anilines is 1. The topological polar surface area (TPSA) is 51.7 Å². The van der Waals surface area contributed by atoms with Crippen LogP contribution in [0.15, 0.2) is 66.9 Å². The number of hydrogen-bond acceptors (Lipinski definition) is 4. The van der Waals surface area contributed by atoms with Gasteiger partial charge >= 0.3 is 0 Å². The number of nitrogens with zero attached hydrogens (tertiary/aromatic N) is 2. The SMILES string of the molecule is COc1ccc(N(C)C(=O)C(Cc2ccccn2)c2ccc(F)cc2)cc1OC. The smallest absolute Gasteiger partial charge is 0.234 e. The fourth-order valence-electron chi connectivity index (χ4n) is 3.17. The van der Waals surface area contributed by atoms with E-state index in [9.17, 15) is 9.18 Å². The summed E-state index contributed by atoms with van der Waals surface area (Å²) in [5, 5.41) is 0. The summed E-state index contributed by atoms with van der Waals surface area (Å²) >= 11 is 0. The lowest BCUT2D eigenvalue weighted by Crippen LogP contribution is -2.33. The Balaban J connectivity index is 1.94. The number of pyridine rings is 1. The number of halogens is 1. The number of amides is 1. The molecule has 1 aromatic heterocycles. The Morgan fingerprint density at radius 3 is 2.38 bits per heavy atom. The molecule has 3 rings (SSSR count). The van der Waals surface area contributed by atoms with Gasteiger partial charge in [-0.3, -0.25) is 9.78 Å². The van der Waals surface area contributed by atoms with Crippen molar-refractivity contribution in [3.05, 3.63) is 83.9 Å². The van der Waals surface area contributed by atoms with E-state index in [4.69, 9.17) is 9.47 Å². The molecule has 0 saturated heterocycles. The summed E-state index contributed by atoms with van der Waals surface area (Å²) in [6.45, 7) is 0. The van der Waals surface area contributed by atoms with E-state index in [-0.39, 0.29) is 11.7 Å². The molecule has 1 amide bonds. The molecule has 0 spiro atoms. The number of ether oxygens (including phenoxy) is 2. The molecule has 1 atom stereocenters. The van der Waals surface area contributed by atoms with Crippen molar-refractivity contribution in [2.75, 3.05) is 26.2 Å². The van der Waals surface area contributed by atoms with Crippen LogP contribution in [0.3, 0.4) is 0 Å².